The molecular formula is C43H78NO8P. The second-order valence-electron chi connectivity index (χ2n) is 15.0. The number of likely N-dealkylation sites (N-methyl/N-ethyl adjacent to an activating group) is 1. The predicted octanol–water partition coefficient (Wildman–Crippen LogP) is 10.9. The Labute approximate surface area is 324 Å². The molecule has 0 saturated heterocycles. The minimum atomic E-state index is -4.63. The van der Waals surface area contributed by atoms with E-state index in [2.05, 4.69) is 62.5 Å². The Morgan fingerprint density at radius 3 is 1.55 bits per heavy atom. The zero-order valence-electron chi connectivity index (χ0n) is 34.4. The van der Waals surface area contributed by atoms with Crippen LogP contribution in [0.2, 0.25) is 0 Å². The molecule has 0 spiro atoms. The van der Waals surface area contributed by atoms with Gasteiger partial charge in [0.1, 0.15) is 19.8 Å². The van der Waals surface area contributed by atoms with E-state index in [-0.39, 0.29) is 26.1 Å². The van der Waals surface area contributed by atoms with E-state index in [0.717, 1.165) is 57.8 Å². The van der Waals surface area contributed by atoms with E-state index >= 15 is 0 Å². The van der Waals surface area contributed by atoms with E-state index in [4.69, 9.17) is 18.5 Å². The fourth-order valence-electron chi connectivity index (χ4n) is 5.28. The average molecular weight is 768 g/mol. The van der Waals surface area contributed by atoms with Crippen LogP contribution in [0.1, 0.15) is 162 Å². The summed E-state index contributed by atoms with van der Waals surface area (Å²) in [5, 5.41) is 0. The maximum absolute atomic E-state index is 12.6. The van der Waals surface area contributed by atoms with Crippen molar-refractivity contribution < 1.29 is 42.1 Å². The van der Waals surface area contributed by atoms with Crippen LogP contribution in [-0.2, 0) is 32.7 Å². The lowest BCUT2D eigenvalue weighted by Crippen LogP contribution is -2.37. The molecule has 53 heavy (non-hydrogen) atoms. The number of unbranched alkanes of at least 4 members (excludes halogenated alkanes) is 15. The van der Waals surface area contributed by atoms with Gasteiger partial charge in [0, 0.05) is 12.8 Å². The van der Waals surface area contributed by atoms with Crippen molar-refractivity contribution in [3.63, 3.8) is 0 Å². The summed E-state index contributed by atoms with van der Waals surface area (Å²) in [6, 6.07) is 0. The number of esters is 2. The van der Waals surface area contributed by atoms with Crippen LogP contribution < -0.4 is 4.89 Å². The number of carbonyl (C=O) groups excluding carboxylic acids is 2. The smallest absolute Gasteiger partial charge is 0.306 e. The molecule has 0 aliphatic rings. The molecule has 0 aliphatic carbocycles. The molecule has 0 saturated carbocycles. The van der Waals surface area contributed by atoms with Gasteiger partial charge in [-0.3, -0.25) is 14.2 Å². The van der Waals surface area contributed by atoms with Gasteiger partial charge < -0.3 is 27.9 Å². The van der Waals surface area contributed by atoms with Gasteiger partial charge in [-0.15, -0.1) is 0 Å². The molecule has 9 nitrogen and oxygen atoms in total. The average Bonchev–Trinajstić information content (AvgIpc) is 3.10. The van der Waals surface area contributed by atoms with E-state index in [1.807, 2.05) is 21.1 Å². The van der Waals surface area contributed by atoms with Gasteiger partial charge in [-0.2, -0.15) is 0 Å². The zero-order chi connectivity index (χ0) is 39.3. The first-order chi connectivity index (χ1) is 25.5. The second-order valence-corrected chi connectivity index (χ2v) is 16.4. The fraction of sp³-hybridized carbons (Fsp3) is 0.767. The quantitative estimate of drug-likeness (QED) is 0.0202. The highest BCUT2D eigenvalue weighted by atomic mass is 31.2. The standard InChI is InChI=1S/C43H78NO8P/c1-6-8-10-12-14-16-18-19-20-21-22-23-24-25-26-28-30-32-34-36-43(46)52-41(40-51-53(47,48)50-38-37-44(3,4)5)39-49-42(45)35-33-31-29-27-17-15-13-11-9-7-2/h14,16,19-20,22-23,25-26,41H,6-13,15,17-18,21,24,27-40H2,1-5H3/b16-14-,20-19-,23-22-,26-25-/t41-/m1/s1. The van der Waals surface area contributed by atoms with Gasteiger partial charge in [0.2, 0.25) is 0 Å². The molecule has 2 atom stereocenters. The van der Waals surface area contributed by atoms with Gasteiger partial charge in [-0.25, -0.2) is 0 Å². The van der Waals surface area contributed by atoms with Crippen molar-refractivity contribution in [1.29, 1.82) is 0 Å². The zero-order valence-corrected chi connectivity index (χ0v) is 35.3. The molecule has 1 unspecified atom stereocenters. The summed E-state index contributed by atoms with van der Waals surface area (Å²) >= 11 is 0. The second kappa shape index (κ2) is 35.7. The number of hydrogen-bond donors (Lipinski definition) is 0. The summed E-state index contributed by atoms with van der Waals surface area (Å²) in [7, 11) is 1.14. The van der Waals surface area contributed by atoms with Crippen LogP contribution >= 0.6 is 7.82 Å². The monoisotopic (exact) mass is 768 g/mol. The molecule has 0 radical (unpaired) electrons. The van der Waals surface area contributed by atoms with Gasteiger partial charge >= 0.3 is 11.9 Å². The third kappa shape index (κ3) is 39.5. The maximum atomic E-state index is 12.6. The van der Waals surface area contributed by atoms with Crippen LogP contribution in [0.4, 0.5) is 0 Å². The number of ether oxygens (including phenoxy) is 2. The molecule has 0 aromatic rings. The molecule has 0 aromatic carbocycles. The van der Waals surface area contributed by atoms with E-state index in [9.17, 15) is 19.0 Å². The number of rotatable bonds is 37. The Bertz CT molecular complexity index is 1050. The number of carbonyl (C=O) groups is 2. The van der Waals surface area contributed by atoms with E-state index < -0.39 is 32.5 Å². The summed E-state index contributed by atoms with van der Waals surface area (Å²) in [6.45, 7) is 4.13. The number of hydrogen-bond acceptors (Lipinski definition) is 8. The van der Waals surface area contributed by atoms with Crippen molar-refractivity contribution in [1.82, 2.24) is 0 Å². The number of quaternary nitrogens is 1. The SMILES string of the molecule is CCCCC/C=C\C/C=C\C/C=C\C/C=C\CCCCCC(=O)O[C@H](COC(=O)CCCCCCCCCCCC)COP(=O)([O-])OCC[N+](C)(C)C. The van der Waals surface area contributed by atoms with Crippen molar-refractivity contribution in [2.24, 2.45) is 0 Å². The molecule has 0 fully saturated rings. The molecule has 10 heteroatoms. The molecule has 0 rings (SSSR count). The third-order valence-corrected chi connectivity index (χ3v) is 9.57. The highest BCUT2D eigenvalue weighted by Gasteiger charge is 2.21. The Morgan fingerprint density at radius 2 is 1.02 bits per heavy atom. The van der Waals surface area contributed by atoms with Crippen LogP contribution in [0.5, 0.6) is 0 Å². The topological polar surface area (TPSA) is 111 Å². The van der Waals surface area contributed by atoms with E-state index in [1.54, 1.807) is 0 Å². The van der Waals surface area contributed by atoms with Crippen molar-refractivity contribution in [3.05, 3.63) is 48.6 Å². The minimum absolute atomic E-state index is 0.0381. The Hall–Kier alpha value is -2.03. The number of allylic oxidation sites excluding steroid dienone is 8. The van der Waals surface area contributed by atoms with Crippen LogP contribution in [0.25, 0.3) is 0 Å². The maximum Gasteiger partial charge on any atom is 0.306 e. The number of phosphoric ester groups is 1. The minimum Gasteiger partial charge on any atom is -0.756 e. The molecule has 0 heterocycles. The molecule has 0 N–H and O–H groups in total. The molecular weight excluding hydrogens is 689 g/mol. The lowest BCUT2D eigenvalue weighted by atomic mass is 10.1. The summed E-state index contributed by atoms with van der Waals surface area (Å²) < 4.78 is 33.8. The first-order valence-electron chi connectivity index (χ1n) is 20.8. The van der Waals surface area contributed by atoms with Crippen molar-refractivity contribution in [2.75, 3.05) is 47.5 Å². The largest absolute Gasteiger partial charge is 0.756 e. The van der Waals surface area contributed by atoms with Crippen molar-refractivity contribution >= 4 is 19.8 Å². The van der Waals surface area contributed by atoms with Gasteiger partial charge in [-0.05, 0) is 57.8 Å². The summed E-state index contributed by atoms with van der Waals surface area (Å²) in [5.74, 6) is -0.874. The Morgan fingerprint density at radius 1 is 0.585 bits per heavy atom. The van der Waals surface area contributed by atoms with Crippen LogP contribution in [0, 0.1) is 0 Å². The van der Waals surface area contributed by atoms with Gasteiger partial charge in [-0.1, -0.05) is 140 Å². The van der Waals surface area contributed by atoms with Crippen LogP contribution in [0.3, 0.4) is 0 Å². The summed E-state index contributed by atoms with van der Waals surface area (Å²) in [4.78, 5) is 37.4. The van der Waals surface area contributed by atoms with E-state index in [0.29, 0.717) is 17.4 Å². The van der Waals surface area contributed by atoms with Crippen LogP contribution in [0.15, 0.2) is 48.6 Å². The van der Waals surface area contributed by atoms with Crippen molar-refractivity contribution in [3.8, 4) is 0 Å². The predicted molar refractivity (Wildman–Crippen MR) is 217 cm³/mol. The summed E-state index contributed by atoms with van der Waals surface area (Å²) in [6.07, 6.45) is 40.0. The van der Waals surface area contributed by atoms with Gasteiger partial charge in [0.05, 0.1) is 27.7 Å². The lowest BCUT2D eigenvalue weighted by molar-refractivity contribution is -0.870. The molecule has 0 amide bonds. The normalized spacial score (nSPS) is 14.2. The number of phosphoric acid groups is 1. The Balaban J connectivity index is 4.44. The third-order valence-electron chi connectivity index (χ3n) is 8.60. The molecule has 0 aliphatic heterocycles. The highest BCUT2D eigenvalue weighted by Crippen LogP contribution is 2.38. The van der Waals surface area contributed by atoms with Crippen molar-refractivity contribution in [2.45, 2.75) is 168 Å². The molecule has 0 aromatic heterocycles. The molecule has 308 valence electrons. The van der Waals surface area contributed by atoms with E-state index in [1.165, 1.54) is 70.6 Å². The first-order valence-corrected chi connectivity index (χ1v) is 22.3. The lowest BCUT2D eigenvalue weighted by Gasteiger charge is -2.28. The first kappa shape index (κ1) is 51.0. The van der Waals surface area contributed by atoms with Gasteiger partial charge in [0.25, 0.3) is 7.82 Å². The van der Waals surface area contributed by atoms with Gasteiger partial charge in [0.15, 0.2) is 6.10 Å². The fourth-order valence-corrected chi connectivity index (χ4v) is 6.01. The highest BCUT2D eigenvalue weighted by molar-refractivity contribution is 7.45. The van der Waals surface area contributed by atoms with Crippen LogP contribution in [-0.4, -0.2) is 70.0 Å². The summed E-state index contributed by atoms with van der Waals surface area (Å²) in [5.41, 5.74) is 0. The number of nitrogens with zero attached hydrogens (tertiary/aromatic N) is 1. The molecule has 0 bridgehead atoms. The Kier molecular flexibility index (Phi) is 34.3.